The summed E-state index contributed by atoms with van der Waals surface area (Å²) in [5.41, 5.74) is 9.93. The molecule has 2 aromatic rings. The lowest BCUT2D eigenvalue weighted by molar-refractivity contribution is 0.675. The molecule has 0 bridgehead atoms. The molecule has 102 valence electrons. The molecule has 0 amide bonds. The number of nitriles is 1. The predicted octanol–water partition coefficient (Wildman–Crippen LogP) is 3.37. The van der Waals surface area contributed by atoms with Crippen molar-refractivity contribution >= 4 is 5.69 Å². The van der Waals surface area contributed by atoms with Gasteiger partial charge < -0.3 is 11.1 Å². The molecular formula is C17H19N3. The molecular weight excluding hydrogens is 246 g/mol. The number of nitrogens with zero attached hydrogens (tertiary/aromatic N) is 1. The van der Waals surface area contributed by atoms with Gasteiger partial charge in [-0.25, -0.2) is 0 Å². The number of benzene rings is 2. The highest BCUT2D eigenvalue weighted by molar-refractivity contribution is 5.58. The molecule has 0 heterocycles. The lowest BCUT2D eigenvalue weighted by Crippen LogP contribution is -2.15. The molecule has 0 radical (unpaired) electrons. The van der Waals surface area contributed by atoms with Crippen LogP contribution in [0.25, 0.3) is 0 Å². The highest BCUT2D eigenvalue weighted by Crippen LogP contribution is 2.18. The van der Waals surface area contributed by atoms with Crippen molar-refractivity contribution in [1.82, 2.24) is 0 Å². The highest BCUT2D eigenvalue weighted by atomic mass is 14.9. The zero-order valence-electron chi connectivity index (χ0n) is 11.6. The highest BCUT2D eigenvalue weighted by Gasteiger charge is 2.06. The van der Waals surface area contributed by atoms with Crippen LogP contribution in [0.1, 0.15) is 29.2 Å². The Hall–Kier alpha value is -2.31. The second-order valence-corrected chi connectivity index (χ2v) is 4.89. The molecule has 2 rings (SSSR count). The maximum absolute atomic E-state index is 9.11. The maximum atomic E-state index is 9.11. The van der Waals surface area contributed by atoms with Crippen molar-refractivity contribution in [2.24, 2.45) is 5.73 Å². The normalized spacial score (nSPS) is 11.7. The van der Waals surface area contributed by atoms with Crippen molar-refractivity contribution in [3.8, 4) is 6.07 Å². The monoisotopic (exact) mass is 265 g/mol. The second-order valence-electron chi connectivity index (χ2n) is 4.89. The number of rotatable bonds is 5. The number of hydrogen-bond acceptors (Lipinski definition) is 3. The van der Waals surface area contributed by atoms with Gasteiger partial charge in [-0.15, -0.1) is 0 Å². The van der Waals surface area contributed by atoms with Crippen LogP contribution < -0.4 is 11.1 Å². The molecule has 3 nitrogen and oxygen atoms in total. The summed E-state index contributed by atoms with van der Waals surface area (Å²) in [6.45, 7) is 2.73. The first-order valence-electron chi connectivity index (χ1n) is 6.76. The van der Waals surface area contributed by atoms with E-state index in [1.807, 2.05) is 55.5 Å². The summed E-state index contributed by atoms with van der Waals surface area (Å²) >= 11 is 0. The SMILES string of the molecule is Cc1ccc(NCCC(N)c2ccccc2)c(C#N)c1. The Bertz CT molecular complexity index is 599. The molecule has 1 atom stereocenters. The zero-order chi connectivity index (χ0) is 14.4. The van der Waals surface area contributed by atoms with Crippen molar-refractivity contribution in [1.29, 1.82) is 5.26 Å². The Labute approximate surface area is 120 Å². The maximum Gasteiger partial charge on any atom is 0.101 e. The third-order valence-corrected chi connectivity index (χ3v) is 3.29. The predicted molar refractivity (Wildman–Crippen MR) is 82.4 cm³/mol. The molecule has 0 aliphatic heterocycles. The van der Waals surface area contributed by atoms with E-state index in [1.54, 1.807) is 0 Å². The van der Waals surface area contributed by atoms with Gasteiger partial charge in [-0.3, -0.25) is 0 Å². The fourth-order valence-electron chi connectivity index (χ4n) is 2.13. The van der Waals surface area contributed by atoms with Crippen LogP contribution in [-0.4, -0.2) is 6.54 Å². The van der Waals surface area contributed by atoms with Crippen molar-refractivity contribution < 1.29 is 0 Å². The van der Waals surface area contributed by atoms with Gasteiger partial charge in [-0.1, -0.05) is 36.4 Å². The summed E-state index contributed by atoms with van der Waals surface area (Å²) in [7, 11) is 0. The van der Waals surface area contributed by atoms with Gasteiger partial charge in [0.1, 0.15) is 6.07 Å². The summed E-state index contributed by atoms with van der Waals surface area (Å²) in [6.07, 6.45) is 0.822. The van der Waals surface area contributed by atoms with Crippen LogP contribution in [0, 0.1) is 18.3 Å². The van der Waals surface area contributed by atoms with E-state index in [0.29, 0.717) is 5.56 Å². The minimum Gasteiger partial charge on any atom is -0.384 e. The van der Waals surface area contributed by atoms with Crippen LogP contribution in [0.4, 0.5) is 5.69 Å². The van der Waals surface area contributed by atoms with Gasteiger partial charge in [0.15, 0.2) is 0 Å². The number of nitrogens with one attached hydrogen (secondary N) is 1. The van der Waals surface area contributed by atoms with E-state index in [0.717, 1.165) is 29.8 Å². The summed E-state index contributed by atoms with van der Waals surface area (Å²) in [6, 6.07) is 18.1. The molecule has 0 saturated carbocycles. The molecule has 3 N–H and O–H groups in total. The minimum absolute atomic E-state index is 0.0136. The number of anilines is 1. The van der Waals surface area contributed by atoms with Gasteiger partial charge in [0, 0.05) is 12.6 Å². The Balaban J connectivity index is 1.92. The van der Waals surface area contributed by atoms with Crippen molar-refractivity contribution in [2.75, 3.05) is 11.9 Å². The quantitative estimate of drug-likeness (QED) is 0.871. The van der Waals surface area contributed by atoms with Crippen molar-refractivity contribution in [3.63, 3.8) is 0 Å². The Kier molecular flexibility index (Phi) is 4.75. The van der Waals surface area contributed by atoms with Crippen LogP contribution in [-0.2, 0) is 0 Å². The Morgan fingerprint density at radius 3 is 2.65 bits per heavy atom. The van der Waals surface area contributed by atoms with Crippen LogP contribution in [0.5, 0.6) is 0 Å². The average Bonchev–Trinajstić information content (AvgIpc) is 2.49. The Morgan fingerprint density at radius 1 is 1.20 bits per heavy atom. The van der Waals surface area contributed by atoms with Crippen LogP contribution in [0.15, 0.2) is 48.5 Å². The molecule has 0 aliphatic carbocycles. The van der Waals surface area contributed by atoms with E-state index in [9.17, 15) is 0 Å². The molecule has 2 aromatic carbocycles. The third kappa shape index (κ3) is 3.59. The standard InChI is InChI=1S/C17H19N3/c1-13-7-8-17(15(11-13)12-18)20-10-9-16(19)14-5-3-2-4-6-14/h2-8,11,16,20H,9-10,19H2,1H3. The third-order valence-electron chi connectivity index (χ3n) is 3.29. The van der Waals surface area contributed by atoms with Gasteiger partial charge in [0.25, 0.3) is 0 Å². The fourth-order valence-corrected chi connectivity index (χ4v) is 2.13. The minimum atomic E-state index is 0.0136. The summed E-state index contributed by atoms with van der Waals surface area (Å²) in [5, 5.41) is 12.4. The molecule has 1 unspecified atom stereocenters. The zero-order valence-corrected chi connectivity index (χ0v) is 11.6. The van der Waals surface area contributed by atoms with Gasteiger partial charge in [0.05, 0.1) is 11.3 Å². The fraction of sp³-hybridized carbons (Fsp3) is 0.235. The van der Waals surface area contributed by atoms with E-state index in [-0.39, 0.29) is 6.04 Å². The molecule has 0 fully saturated rings. The van der Waals surface area contributed by atoms with E-state index in [4.69, 9.17) is 11.0 Å². The largest absolute Gasteiger partial charge is 0.384 e. The van der Waals surface area contributed by atoms with Crippen LogP contribution in [0.2, 0.25) is 0 Å². The Morgan fingerprint density at radius 2 is 1.95 bits per heavy atom. The van der Waals surface area contributed by atoms with E-state index >= 15 is 0 Å². The topological polar surface area (TPSA) is 61.8 Å². The summed E-state index contributed by atoms with van der Waals surface area (Å²) < 4.78 is 0. The van der Waals surface area contributed by atoms with E-state index in [2.05, 4.69) is 11.4 Å². The molecule has 0 aliphatic rings. The van der Waals surface area contributed by atoms with E-state index < -0.39 is 0 Å². The average molecular weight is 265 g/mol. The van der Waals surface area contributed by atoms with Crippen molar-refractivity contribution in [3.05, 3.63) is 65.2 Å². The lowest BCUT2D eigenvalue weighted by atomic mass is 10.0. The van der Waals surface area contributed by atoms with E-state index in [1.165, 1.54) is 0 Å². The molecule has 20 heavy (non-hydrogen) atoms. The van der Waals surface area contributed by atoms with Gasteiger partial charge >= 0.3 is 0 Å². The number of nitrogens with two attached hydrogens (primary N) is 1. The van der Waals surface area contributed by atoms with Crippen molar-refractivity contribution in [2.45, 2.75) is 19.4 Å². The first-order chi connectivity index (χ1) is 9.70. The first kappa shape index (κ1) is 14.1. The first-order valence-corrected chi connectivity index (χ1v) is 6.76. The summed E-state index contributed by atoms with van der Waals surface area (Å²) in [5.74, 6) is 0. The van der Waals surface area contributed by atoms with Crippen LogP contribution in [0.3, 0.4) is 0 Å². The lowest BCUT2D eigenvalue weighted by Gasteiger charge is -2.14. The molecule has 0 spiro atoms. The molecule has 3 heteroatoms. The smallest absolute Gasteiger partial charge is 0.101 e. The van der Waals surface area contributed by atoms with Gasteiger partial charge in [0.2, 0.25) is 0 Å². The second kappa shape index (κ2) is 6.74. The van der Waals surface area contributed by atoms with Crippen LogP contribution >= 0.6 is 0 Å². The van der Waals surface area contributed by atoms with Gasteiger partial charge in [-0.05, 0) is 36.6 Å². The van der Waals surface area contributed by atoms with Gasteiger partial charge in [-0.2, -0.15) is 5.26 Å². The number of aryl methyl sites for hydroxylation is 1. The molecule has 0 aromatic heterocycles. The number of hydrogen-bond donors (Lipinski definition) is 2. The molecule has 0 saturated heterocycles. The summed E-state index contributed by atoms with van der Waals surface area (Å²) in [4.78, 5) is 0.